The van der Waals surface area contributed by atoms with Gasteiger partial charge in [0.25, 0.3) is 5.91 Å². The summed E-state index contributed by atoms with van der Waals surface area (Å²) in [5.41, 5.74) is 0.493. The van der Waals surface area contributed by atoms with Gasteiger partial charge in [0, 0.05) is 25.3 Å². The highest BCUT2D eigenvalue weighted by Crippen LogP contribution is 2.39. The van der Waals surface area contributed by atoms with E-state index in [0.717, 1.165) is 25.9 Å². The van der Waals surface area contributed by atoms with Crippen molar-refractivity contribution in [3.05, 3.63) is 17.7 Å². The zero-order valence-corrected chi connectivity index (χ0v) is 16.6. The minimum Gasteiger partial charge on any atom is -0.490 e. The predicted octanol–water partition coefficient (Wildman–Crippen LogP) is 3.82. The summed E-state index contributed by atoms with van der Waals surface area (Å²) < 4.78 is 22.4. The maximum atomic E-state index is 12.5. The number of rotatable bonds is 14. The zero-order chi connectivity index (χ0) is 19.2. The van der Waals surface area contributed by atoms with E-state index in [1.165, 1.54) is 0 Å². The molecule has 6 heteroatoms. The number of benzene rings is 1. The van der Waals surface area contributed by atoms with Crippen LogP contribution in [-0.2, 0) is 4.74 Å². The molecule has 1 amide bonds. The van der Waals surface area contributed by atoms with Gasteiger partial charge in [-0.3, -0.25) is 4.79 Å². The largest absolute Gasteiger partial charge is 0.490 e. The molecule has 26 heavy (non-hydrogen) atoms. The van der Waals surface area contributed by atoms with E-state index in [4.69, 9.17) is 18.9 Å². The fraction of sp³-hybridized carbons (Fsp3) is 0.650. The lowest BCUT2D eigenvalue weighted by Gasteiger charge is -2.17. The Bertz CT molecular complexity index is 506. The van der Waals surface area contributed by atoms with Crippen LogP contribution < -0.4 is 19.5 Å². The van der Waals surface area contributed by atoms with Crippen molar-refractivity contribution < 1.29 is 23.7 Å². The number of carbonyl (C=O) groups is 1. The van der Waals surface area contributed by atoms with Crippen molar-refractivity contribution in [2.24, 2.45) is 0 Å². The first-order valence-corrected chi connectivity index (χ1v) is 9.60. The molecular formula is C20H33NO5. The molecule has 6 nitrogen and oxygen atoms in total. The molecule has 1 aromatic carbocycles. The third-order valence-corrected chi connectivity index (χ3v) is 3.56. The Morgan fingerprint density at radius 2 is 1.46 bits per heavy atom. The zero-order valence-electron chi connectivity index (χ0n) is 16.6. The first-order valence-electron chi connectivity index (χ1n) is 9.60. The molecule has 0 saturated heterocycles. The van der Waals surface area contributed by atoms with E-state index < -0.39 is 0 Å². The first-order chi connectivity index (χ1) is 12.7. The van der Waals surface area contributed by atoms with Gasteiger partial charge >= 0.3 is 0 Å². The monoisotopic (exact) mass is 367 g/mol. The van der Waals surface area contributed by atoms with Gasteiger partial charge in [-0.15, -0.1) is 0 Å². The van der Waals surface area contributed by atoms with E-state index in [2.05, 4.69) is 12.2 Å². The van der Waals surface area contributed by atoms with Gasteiger partial charge < -0.3 is 24.3 Å². The number of carbonyl (C=O) groups excluding carboxylic acids is 1. The van der Waals surface area contributed by atoms with Crippen molar-refractivity contribution in [2.45, 2.75) is 47.0 Å². The van der Waals surface area contributed by atoms with Gasteiger partial charge in [-0.05, 0) is 45.7 Å². The number of nitrogens with one attached hydrogen (secondary N) is 1. The van der Waals surface area contributed by atoms with Gasteiger partial charge in [0.05, 0.1) is 19.8 Å². The van der Waals surface area contributed by atoms with E-state index in [9.17, 15) is 4.79 Å². The number of hydrogen-bond donors (Lipinski definition) is 1. The summed E-state index contributed by atoms with van der Waals surface area (Å²) in [6, 6.07) is 3.40. The molecule has 0 aromatic heterocycles. The number of ether oxygens (including phenoxy) is 4. The molecule has 1 rings (SSSR count). The molecule has 0 spiro atoms. The van der Waals surface area contributed by atoms with Crippen molar-refractivity contribution in [3.63, 3.8) is 0 Å². The predicted molar refractivity (Wildman–Crippen MR) is 103 cm³/mol. The summed E-state index contributed by atoms with van der Waals surface area (Å²) >= 11 is 0. The average molecular weight is 367 g/mol. The highest BCUT2D eigenvalue weighted by atomic mass is 16.5. The van der Waals surface area contributed by atoms with Crippen LogP contribution in [0.2, 0.25) is 0 Å². The Kier molecular flexibility index (Phi) is 11.3. The van der Waals surface area contributed by atoms with Gasteiger partial charge in [-0.1, -0.05) is 13.3 Å². The van der Waals surface area contributed by atoms with Gasteiger partial charge in [0.1, 0.15) is 0 Å². The topological polar surface area (TPSA) is 66.0 Å². The average Bonchev–Trinajstić information content (AvgIpc) is 2.63. The summed E-state index contributed by atoms with van der Waals surface area (Å²) in [4.78, 5) is 12.5. The lowest BCUT2D eigenvalue weighted by Crippen LogP contribution is -2.25. The second-order valence-electron chi connectivity index (χ2n) is 5.68. The standard InChI is InChI=1S/C20H33NO5/c1-5-9-12-23-13-10-11-21-20(22)16-14-17(24-6-2)19(26-8-4)18(15-16)25-7-3/h14-15H,5-13H2,1-4H3,(H,21,22). The van der Waals surface area contributed by atoms with Crippen LogP contribution in [0.3, 0.4) is 0 Å². The van der Waals surface area contributed by atoms with E-state index in [0.29, 0.717) is 55.8 Å². The lowest BCUT2D eigenvalue weighted by atomic mass is 10.1. The molecule has 0 saturated carbocycles. The van der Waals surface area contributed by atoms with Crippen LogP contribution in [0.15, 0.2) is 12.1 Å². The normalized spacial score (nSPS) is 10.5. The van der Waals surface area contributed by atoms with Crippen LogP contribution >= 0.6 is 0 Å². The fourth-order valence-corrected chi connectivity index (χ4v) is 2.35. The minimum absolute atomic E-state index is 0.163. The van der Waals surface area contributed by atoms with Crippen LogP contribution in [-0.4, -0.2) is 45.5 Å². The van der Waals surface area contributed by atoms with Crippen molar-refractivity contribution in [2.75, 3.05) is 39.6 Å². The molecular weight excluding hydrogens is 334 g/mol. The molecule has 0 aliphatic rings. The van der Waals surface area contributed by atoms with Gasteiger partial charge in [0.15, 0.2) is 11.5 Å². The Hall–Kier alpha value is -1.95. The molecule has 0 atom stereocenters. The number of hydrogen-bond acceptors (Lipinski definition) is 5. The molecule has 148 valence electrons. The van der Waals surface area contributed by atoms with Gasteiger partial charge in [-0.25, -0.2) is 0 Å². The summed E-state index contributed by atoms with van der Waals surface area (Å²) in [6.07, 6.45) is 2.97. The minimum atomic E-state index is -0.163. The highest BCUT2D eigenvalue weighted by Gasteiger charge is 2.18. The summed E-state index contributed by atoms with van der Waals surface area (Å²) in [6.45, 7) is 11.2. The van der Waals surface area contributed by atoms with E-state index >= 15 is 0 Å². The molecule has 0 heterocycles. The Morgan fingerprint density at radius 3 is 2.00 bits per heavy atom. The molecule has 0 aliphatic carbocycles. The van der Waals surface area contributed by atoms with E-state index in [1.807, 2.05) is 20.8 Å². The second-order valence-corrected chi connectivity index (χ2v) is 5.68. The third kappa shape index (κ3) is 7.52. The number of unbranched alkanes of at least 4 members (excludes halogenated alkanes) is 1. The maximum Gasteiger partial charge on any atom is 0.251 e. The van der Waals surface area contributed by atoms with Crippen LogP contribution in [0.4, 0.5) is 0 Å². The smallest absolute Gasteiger partial charge is 0.251 e. The Balaban J connectivity index is 2.72. The molecule has 0 fully saturated rings. The van der Waals surface area contributed by atoms with Crippen LogP contribution in [0, 0.1) is 0 Å². The maximum absolute atomic E-state index is 12.5. The Morgan fingerprint density at radius 1 is 0.885 bits per heavy atom. The van der Waals surface area contributed by atoms with Crippen molar-refractivity contribution in [3.8, 4) is 17.2 Å². The van der Waals surface area contributed by atoms with Gasteiger partial charge in [-0.2, -0.15) is 0 Å². The highest BCUT2D eigenvalue weighted by molar-refractivity contribution is 5.95. The van der Waals surface area contributed by atoms with Crippen LogP contribution in [0.25, 0.3) is 0 Å². The van der Waals surface area contributed by atoms with Crippen LogP contribution in [0.5, 0.6) is 17.2 Å². The quantitative estimate of drug-likeness (QED) is 0.506. The summed E-state index contributed by atoms with van der Waals surface area (Å²) in [5, 5.41) is 2.91. The van der Waals surface area contributed by atoms with Crippen molar-refractivity contribution >= 4 is 5.91 Å². The first kappa shape index (κ1) is 22.1. The fourth-order valence-electron chi connectivity index (χ4n) is 2.35. The van der Waals surface area contributed by atoms with Crippen molar-refractivity contribution in [1.82, 2.24) is 5.32 Å². The lowest BCUT2D eigenvalue weighted by molar-refractivity contribution is 0.0939. The SMILES string of the molecule is CCCCOCCCNC(=O)c1cc(OCC)c(OCC)c(OCC)c1. The molecule has 1 aromatic rings. The molecule has 0 radical (unpaired) electrons. The van der Waals surface area contributed by atoms with E-state index in [1.54, 1.807) is 12.1 Å². The van der Waals surface area contributed by atoms with Gasteiger partial charge in [0.2, 0.25) is 5.75 Å². The number of amides is 1. The summed E-state index contributed by atoms with van der Waals surface area (Å²) in [7, 11) is 0. The van der Waals surface area contributed by atoms with E-state index in [-0.39, 0.29) is 5.91 Å². The third-order valence-electron chi connectivity index (χ3n) is 3.56. The van der Waals surface area contributed by atoms with Crippen molar-refractivity contribution in [1.29, 1.82) is 0 Å². The Labute approximate surface area is 157 Å². The van der Waals surface area contributed by atoms with Crippen LogP contribution in [0.1, 0.15) is 57.3 Å². The molecule has 0 aliphatic heterocycles. The second kappa shape index (κ2) is 13.3. The molecule has 1 N–H and O–H groups in total. The molecule has 0 bridgehead atoms. The summed E-state index contributed by atoms with van der Waals surface area (Å²) in [5.74, 6) is 1.42. The molecule has 0 unspecified atom stereocenters.